The zero-order chi connectivity index (χ0) is 25.8. The van der Waals surface area contributed by atoms with Crippen LogP contribution in [0.1, 0.15) is 27.2 Å². The first-order valence-electron chi connectivity index (χ1n) is 12.7. The summed E-state index contributed by atoms with van der Waals surface area (Å²) in [6.07, 6.45) is 0.945. The fraction of sp³-hybridized carbons (Fsp3) is 0.300. The van der Waals surface area contributed by atoms with Crippen molar-refractivity contribution in [2.45, 2.75) is 24.8 Å². The van der Waals surface area contributed by atoms with Crippen LogP contribution >= 0.6 is 11.9 Å². The zero-order valence-electron chi connectivity index (χ0n) is 21.4. The first-order valence-corrected chi connectivity index (χ1v) is 13.5. The number of anilines is 1. The van der Waals surface area contributed by atoms with Gasteiger partial charge in [-0.25, -0.2) is 9.10 Å². The fourth-order valence-corrected chi connectivity index (χ4v) is 5.84. The quantitative estimate of drug-likeness (QED) is 0.277. The predicted octanol–water partition coefficient (Wildman–Crippen LogP) is 5.94. The Morgan fingerprint density at radius 1 is 1.00 bits per heavy atom. The molecule has 5 rings (SSSR count). The molecule has 1 aliphatic heterocycles. The van der Waals surface area contributed by atoms with Gasteiger partial charge in [0.2, 0.25) is 5.76 Å². The number of rotatable bonds is 9. The van der Waals surface area contributed by atoms with Gasteiger partial charge in [-0.1, -0.05) is 48.5 Å². The van der Waals surface area contributed by atoms with Gasteiger partial charge in [0.05, 0.1) is 0 Å². The SMILES string of the molecule is Cc1c(C(=O)O)oc2ccc(SN(CCc3ccccc3)Cc3ccccc3N3CCN(C)CC3)cc12. The Labute approximate surface area is 222 Å². The summed E-state index contributed by atoms with van der Waals surface area (Å²) in [5.74, 6) is -1.02. The minimum atomic E-state index is -1.03. The molecule has 0 spiro atoms. The largest absolute Gasteiger partial charge is 0.475 e. The summed E-state index contributed by atoms with van der Waals surface area (Å²) in [7, 11) is 2.18. The maximum absolute atomic E-state index is 11.5. The molecule has 37 heavy (non-hydrogen) atoms. The maximum atomic E-state index is 11.5. The third-order valence-corrected chi connectivity index (χ3v) is 8.05. The first-order chi connectivity index (χ1) is 18.0. The minimum absolute atomic E-state index is 0.0131. The van der Waals surface area contributed by atoms with E-state index >= 15 is 0 Å². The molecule has 0 bridgehead atoms. The normalized spacial score (nSPS) is 14.5. The van der Waals surface area contributed by atoms with Gasteiger partial charge in [0.25, 0.3) is 0 Å². The number of nitrogens with zero attached hydrogens (tertiary/aromatic N) is 3. The maximum Gasteiger partial charge on any atom is 0.372 e. The molecule has 1 fully saturated rings. The lowest BCUT2D eigenvalue weighted by Gasteiger charge is -2.35. The van der Waals surface area contributed by atoms with Crippen LogP contribution in [-0.4, -0.2) is 60.1 Å². The molecule has 0 unspecified atom stereocenters. The Bertz CT molecular complexity index is 1360. The molecule has 2 heterocycles. The number of benzene rings is 3. The fourth-order valence-electron chi connectivity index (χ4n) is 4.86. The van der Waals surface area contributed by atoms with E-state index in [1.165, 1.54) is 16.8 Å². The van der Waals surface area contributed by atoms with Crippen molar-refractivity contribution in [2.24, 2.45) is 0 Å². The van der Waals surface area contributed by atoms with Crippen LogP contribution in [-0.2, 0) is 13.0 Å². The van der Waals surface area contributed by atoms with Crippen molar-refractivity contribution < 1.29 is 14.3 Å². The summed E-state index contributed by atoms with van der Waals surface area (Å²) >= 11 is 1.72. The number of aromatic carboxylic acids is 1. The Kier molecular flexibility index (Phi) is 7.84. The number of carbonyl (C=O) groups is 1. The number of para-hydroxylation sites is 1. The van der Waals surface area contributed by atoms with Gasteiger partial charge in [-0.3, -0.25) is 0 Å². The standard InChI is InChI=1S/C30H33N3O3S/c1-22-26-20-25(12-13-28(26)36-29(22)30(34)35)37-33(15-14-23-8-4-3-5-9-23)21-24-10-6-7-11-27(24)32-18-16-31(2)17-19-32/h3-13,20H,14-19,21H2,1-2H3,(H,34,35). The second kappa shape index (κ2) is 11.4. The van der Waals surface area contributed by atoms with Crippen LogP contribution < -0.4 is 4.90 Å². The van der Waals surface area contributed by atoms with Crippen molar-refractivity contribution in [3.05, 3.63) is 95.2 Å². The average Bonchev–Trinajstić information content (AvgIpc) is 3.25. The van der Waals surface area contributed by atoms with E-state index in [9.17, 15) is 9.90 Å². The van der Waals surface area contributed by atoms with Crippen molar-refractivity contribution in [1.29, 1.82) is 0 Å². The number of hydrogen-bond acceptors (Lipinski definition) is 6. The van der Waals surface area contributed by atoms with Gasteiger partial charge >= 0.3 is 5.97 Å². The third kappa shape index (κ3) is 6.01. The Morgan fingerprint density at radius 3 is 2.49 bits per heavy atom. The van der Waals surface area contributed by atoms with Crippen molar-refractivity contribution >= 4 is 34.6 Å². The molecule has 1 aliphatic rings. The molecule has 1 N–H and O–H groups in total. The number of furan rings is 1. The first kappa shape index (κ1) is 25.4. The number of aryl methyl sites for hydroxylation is 1. The van der Waals surface area contributed by atoms with Crippen molar-refractivity contribution in [3.8, 4) is 0 Å². The highest BCUT2D eigenvalue weighted by Crippen LogP contribution is 2.33. The van der Waals surface area contributed by atoms with Crippen LogP contribution in [0.25, 0.3) is 11.0 Å². The topological polar surface area (TPSA) is 60.2 Å². The molecule has 0 radical (unpaired) electrons. The Hall–Kier alpha value is -3.26. The lowest BCUT2D eigenvalue weighted by molar-refractivity contribution is 0.0664. The van der Waals surface area contributed by atoms with Crippen LogP contribution in [0.15, 0.2) is 82.1 Å². The van der Waals surface area contributed by atoms with Crippen molar-refractivity contribution in [3.63, 3.8) is 0 Å². The summed E-state index contributed by atoms with van der Waals surface area (Å²) in [5, 5.41) is 10.3. The van der Waals surface area contributed by atoms with Crippen LogP contribution in [0, 0.1) is 6.92 Å². The molecular formula is C30H33N3O3S. The molecular weight excluding hydrogens is 482 g/mol. The van der Waals surface area contributed by atoms with Crippen LogP contribution in [0.2, 0.25) is 0 Å². The molecule has 0 atom stereocenters. The van der Waals surface area contributed by atoms with Crippen LogP contribution in [0.3, 0.4) is 0 Å². The Morgan fingerprint density at radius 2 is 1.73 bits per heavy atom. The van der Waals surface area contributed by atoms with E-state index in [0.29, 0.717) is 11.1 Å². The predicted molar refractivity (Wildman–Crippen MR) is 150 cm³/mol. The van der Waals surface area contributed by atoms with Gasteiger partial charge in [-0.15, -0.1) is 0 Å². The monoisotopic (exact) mass is 515 g/mol. The molecule has 3 aromatic carbocycles. The summed E-state index contributed by atoms with van der Waals surface area (Å²) in [6.45, 7) is 7.72. The third-order valence-electron chi connectivity index (χ3n) is 7.01. The molecule has 192 valence electrons. The summed E-state index contributed by atoms with van der Waals surface area (Å²) in [5.41, 5.74) is 5.22. The van der Waals surface area contributed by atoms with E-state index in [-0.39, 0.29) is 5.76 Å². The summed E-state index contributed by atoms with van der Waals surface area (Å²) in [6, 6.07) is 25.3. The van der Waals surface area contributed by atoms with Gasteiger partial charge in [-0.05, 0) is 67.7 Å². The summed E-state index contributed by atoms with van der Waals surface area (Å²) < 4.78 is 7.99. The van der Waals surface area contributed by atoms with Gasteiger partial charge in [0.15, 0.2) is 0 Å². The van der Waals surface area contributed by atoms with Gasteiger partial charge in [-0.2, -0.15) is 0 Å². The number of hydrogen-bond donors (Lipinski definition) is 1. The number of piperazine rings is 1. The van der Waals surface area contributed by atoms with Gasteiger partial charge in [0, 0.05) is 60.8 Å². The van der Waals surface area contributed by atoms with E-state index in [2.05, 4.69) is 75.8 Å². The highest BCUT2D eigenvalue weighted by Gasteiger charge is 2.20. The number of carboxylic acid groups (broad SMARTS) is 1. The highest BCUT2D eigenvalue weighted by atomic mass is 32.2. The number of fused-ring (bicyclic) bond motifs is 1. The molecule has 0 aliphatic carbocycles. The Balaban J connectivity index is 1.41. The highest BCUT2D eigenvalue weighted by molar-refractivity contribution is 7.97. The minimum Gasteiger partial charge on any atom is -0.475 e. The molecule has 7 heteroatoms. The summed E-state index contributed by atoms with van der Waals surface area (Å²) in [4.78, 5) is 17.5. The van der Waals surface area contributed by atoms with Crippen LogP contribution in [0.5, 0.6) is 0 Å². The number of likely N-dealkylation sites (N-methyl/N-ethyl adjacent to an activating group) is 1. The molecule has 1 saturated heterocycles. The van der Waals surface area contributed by atoms with Crippen LogP contribution in [0.4, 0.5) is 5.69 Å². The zero-order valence-corrected chi connectivity index (χ0v) is 22.2. The number of carboxylic acids is 1. The van der Waals surface area contributed by atoms with E-state index in [1.807, 2.05) is 25.1 Å². The average molecular weight is 516 g/mol. The molecule has 1 aromatic heterocycles. The second-order valence-corrected chi connectivity index (χ2v) is 10.8. The lowest BCUT2D eigenvalue weighted by atomic mass is 10.1. The van der Waals surface area contributed by atoms with E-state index in [1.54, 1.807) is 11.9 Å². The van der Waals surface area contributed by atoms with E-state index in [4.69, 9.17) is 4.42 Å². The second-order valence-electron chi connectivity index (χ2n) is 9.63. The van der Waals surface area contributed by atoms with Crippen molar-refractivity contribution in [2.75, 3.05) is 44.7 Å². The van der Waals surface area contributed by atoms with Crippen molar-refractivity contribution in [1.82, 2.24) is 9.21 Å². The van der Waals surface area contributed by atoms with Gasteiger partial charge < -0.3 is 19.3 Å². The van der Waals surface area contributed by atoms with E-state index < -0.39 is 5.97 Å². The smallest absolute Gasteiger partial charge is 0.372 e. The lowest BCUT2D eigenvalue weighted by Crippen LogP contribution is -2.44. The molecule has 0 saturated carbocycles. The van der Waals surface area contributed by atoms with Gasteiger partial charge in [0.1, 0.15) is 5.58 Å². The molecule has 4 aromatic rings. The van der Waals surface area contributed by atoms with E-state index in [0.717, 1.165) is 56.0 Å². The molecule has 0 amide bonds. The molecule has 6 nitrogen and oxygen atoms in total.